The number of nitrogens with zero attached hydrogens (tertiary/aromatic N) is 3. The van der Waals surface area contributed by atoms with Crippen LogP contribution >= 0.6 is 0 Å². The van der Waals surface area contributed by atoms with Crippen molar-refractivity contribution in [3.05, 3.63) is 72.0 Å². The van der Waals surface area contributed by atoms with Crippen LogP contribution in [0.1, 0.15) is 50.6 Å². The molecule has 2 heterocycles. The summed E-state index contributed by atoms with van der Waals surface area (Å²) in [4.78, 5) is 18.9. The van der Waals surface area contributed by atoms with Crippen molar-refractivity contribution in [2.24, 2.45) is 0 Å². The van der Waals surface area contributed by atoms with E-state index in [0.717, 1.165) is 43.0 Å². The lowest BCUT2D eigenvalue weighted by Crippen LogP contribution is -2.32. The van der Waals surface area contributed by atoms with Crippen LogP contribution in [0.3, 0.4) is 0 Å². The first-order valence-electron chi connectivity index (χ1n) is 11.0. The zero-order valence-electron chi connectivity index (χ0n) is 17.9. The monoisotopic (exact) mass is 419 g/mol. The predicted molar refractivity (Wildman–Crippen MR) is 121 cm³/mol. The Hall–Kier alpha value is -3.28. The van der Waals surface area contributed by atoms with Gasteiger partial charge in [-0.05, 0) is 36.1 Å². The lowest BCUT2D eigenvalue weighted by atomic mass is 9.90. The lowest BCUT2D eigenvalue weighted by molar-refractivity contribution is -0.129. The standard InChI is InChI=1S/C25H29N3O3/c1-2-3-4-10-20-23(22-19-9-6-5-8-18(19)11-12-21(22)29)28(25(31)24(20)30)15-7-14-27-16-13-26-17-27/h5-6,8-9,11-13,16-17,23,29-30H,2-4,7,10,14-15H2,1H3. The molecule has 6 nitrogen and oxygen atoms in total. The molecule has 0 spiro atoms. The van der Waals surface area contributed by atoms with Crippen LogP contribution in [0.2, 0.25) is 0 Å². The number of aliphatic hydroxyl groups is 1. The molecule has 1 unspecified atom stereocenters. The van der Waals surface area contributed by atoms with Gasteiger partial charge in [-0.25, -0.2) is 4.98 Å². The van der Waals surface area contributed by atoms with E-state index in [1.54, 1.807) is 23.5 Å². The van der Waals surface area contributed by atoms with Crippen LogP contribution in [-0.4, -0.2) is 37.1 Å². The number of hydrogen-bond acceptors (Lipinski definition) is 4. The van der Waals surface area contributed by atoms with Gasteiger partial charge in [0.15, 0.2) is 5.76 Å². The smallest absolute Gasteiger partial charge is 0.289 e. The molecule has 31 heavy (non-hydrogen) atoms. The maximum atomic E-state index is 13.1. The third-order valence-corrected chi connectivity index (χ3v) is 6.05. The SMILES string of the molecule is CCCCCC1=C(O)C(=O)N(CCCn2ccnc2)C1c1c(O)ccc2ccccc12. The summed E-state index contributed by atoms with van der Waals surface area (Å²) >= 11 is 0. The Bertz CT molecular complexity index is 1090. The van der Waals surface area contributed by atoms with Crippen LogP contribution in [0, 0.1) is 0 Å². The Morgan fingerprint density at radius 1 is 1.03 bits per heavy atom. The summed E-state index contributed by atoms with van der Waals surface area (Å²) in [5.41, 5.74) is 1.41. The molecular formula is C25H29N3O3. The number of unbranched alkanes of at least 4 members (excludes halogenated alkanes) is 2. The fraction of sp³-hybridized carbons (Fsp3) is 0.360. The predicted octanol–water partition coefficient (Wildman–Crippen LogP) is 5.11. The zero-order valence-corrected chi connectivity index (χ0v) is 17.9. The molecule has 4 rings (SSSR count). The maximum Gasteiger partial charge on any atom is 0.289 e. The van der Waals surface area contributed by atoms with E-state index in [1.807, 2.05) is 41.1 Å². The number of aliphatic hydroxyl groups excluding tert-OH is 1. The number of fused-ring (bicyclic) bond motifs is 1. The van der Waals surface area contributed by atoms with Crippen molar-refractivity contribution in [1.29, 1.82) is 0 Å². The molecule has 2 aromatic carbocycles. The van der Waals surface area contributed by atoms with Gasteiger partial charge in [0.05, 0.1) is 12.4 Å². The fourth-order valence-electron chi connectivity index (χ4n) is 4.50. The van der Waals surface area contributed by atoms with Gasteiger partial charge in [-0.2, -0.15) is 0 Å². The molecule has 162 valence electrons. The Kier molecular flexibility index (Phi) is 6.26. The topological polar surface area (TPSA) is 78.6 Å². The molecule has 0 fully saturated rings. The van der Waals surface area contributed by atoms with E-state index >= 15 is 0 Å². The van der Waals surface area contributed by atoms with Crippen LogP contribution in [0.4, 0.5) is 0 Å². The van der Waals surface area contributed by atoms with Crippen molar-refractivity contribution in [2.45, 2.75) is 51.6 Å². The quantitative estimate of drug-likeness (QED) is 0.473. The Morgan fingerprint density at radius 3 is 2.65 bits per heavy atom. The minimum Gasteiger partial charge on any atom is -0.508 e. The number of imidazole rings is 1. The van der Waals surface area contributed by atoms with Crippen molar-refractivity contribution < 1.29 is 15.0 Å². The molecule has 0 aliphatic carbocycles. The molecule has 0 bridgehead atoms. The normalized spacial score (nSPS) is 16.6. The van der Waals surface area contributed by atoms with Gasteiger partial charge in [-0.3, -0.25) is 4.79 Å². The summed E-state index contributed by atoms with van der Waals surface area (Å²) in [6.07, 6.45) is 9.72. The average Bonchev–Trinajstić information content (AvgIpc) is 3.37. The summed E-state index contributed by atoms with van der Waals surface area (Å²) < 4.78 is 1.97. The van der Waals surface area contributed by atoms with Gasteiger partial charge < -0.3 is 19.7 Å². The highest BCUT2D eigenvalue weighted by atomic mass is 16.3. The molecule has 6 heteroatoms. The first-order valence-corrected chi connectivity index (χ1v) is 11.0. The van der Waals surface area contributed by atoms with Crippen LogP contribution in [-0.2, 0) is 11.3 Å². The number of phenolic OH excluding ortho intramolecular Hbond substituents is 1. The largest absolute Gasteiger partial charge is 0.508 e. The molecule has 3 aromatic rings. The van der Waals surface area contributed by atoms with E-state index in [2.05, 4.69) is 11.9 Å². The maximum absolute atomic E-state index is 13.1. The van der Waals surface area contributed by atoms with Gasteiger partial charge >= 0.3 is 0 Å². The third kappa shape index (κ3) is 4.15. The highest BCUT2D eigenvalue weighted by Crippen LogP contribution is 2.45. The molecule has 1 aliphatic heterocycles. The molecule has 1 amide bonds. The van der Waals surface area contributed by atoms with E-state index in [0.29, 0.717) is 24.1 Å². The first-order chi connectivity index (χ1) is 15.1. The minimum absolute atomic E-state index is 0.152. The Morgan fingerprint density at radius 2 is 1.87 bits per heavy atom. The number of rotatable bonds is 9. The van der Waals surface area contributed by atoms with E-state index in [-0.39, 0.29) is 17.4 Å². The number of aromatic hydroxyl groups is 1. The molecule has 0 saturated carbocycles. The summed E-state index contributed by atoms with van der Waals surface area (Å²) in [6.45, 7) is 3.33. The van der Waals surface area contributed by atoms with Crippen molar-refractivity contribution in [2.75, 3.05) is 6.54 Å². The number of aromatic nitrogens is 2. The number of phenols is 1. The number of benzene rings is 2. The van der Waals surface area contributed by atoms with Gasteiger partial charge in [-0.1, -0.05) is 50.1 Å². The van der Waals surface area contributed by atoms with Gasteiger partial charge in [0.2, 0.25) is 0 Å². The molecule has 1 aromatic heterocycles. The van der Waals surface area contributed by atoms with Crippen LogP contribution < -0.4 is 0 Å². The first kappa shape index (κ1) is 21.0. The average molecular weight is 420 g/mol. The second-order valence-electron chi connectivity index (χ2n) is 8.11. The van der Waals surface area contributed by atoms with Crippen molar-refractivity contribution >= 4 is 16.7 Å². The van der Waals surface area contributed by atoms with Gasteiger partial charge in [0.25, 0.3) is 5.91 Å². The lowest BCUT2D eigenvalue weighted by Gasteiger charge is -2.29. The van der Waals surface area contributed by atoms with Gasteiger partial charge in [0, 0.05) is 36.6 Å². The van der Waals surface area contributed by atoms with Crippen molar-refractivity contribution in [1.82, 2.24) is 14.5 Å². The van der Waals surface area contributed by atoms with E-state index in [4.69, 9.17) is 0 Å². The molecule has 0 radical (unpaired) electrons. The number of hydrogen-bond donors (Lipinski definition) is 2. The fourth-order valence-corrected chi connectivity index (χ4v) is 4.50. The van der Waals surface area contributed by atoms with Crippen LogP contribution in [0.15, 0.2) is 66.5 Å². The van der Waals surface area contributed by atoms with Crippen LogP contribution in [0.5, 0.6) is 5.75 Å². The number of aryl methyl sites for hydroxylation is 1. The highest BCUT2D eigenvalue weighted by molar-refractivity contribution is 5.97. The minimum atomic E-state index is -0.460. The number of carbonyl (C=O) groups is 1. The Balaban J connectivity index is 1.71. The highest BCUT2D eigenvalue weighted by Gasteiger charge is 2.41. The van der Waals surface area contributed by atoms with Gasteiger partial charge in [-0.15, -0.1) is 0 Å². The summed E-state index contributed by atoms with van der Waals surface area (Å²) in [7, 11) is 0. The van der Waals surface area contributed by atoms with Crippen LogP contribution in [0.25, 0.3) is 10.8 Å². The van der Waals surface area contributed by atoms with E-state index in [9.17, 15) is 15.0 Å². The molecule has 0 saturated heterocycles. The van der Waals surface area contributed by atoms with Gasteiger partial charge in [0.1, 0.15) is 5.75 Å². The zero-order chi connectivity index (χ0) is 21.8. The molecule has 1 atom stereocenters. The van der Waals surface area contributed by atoms with E-state index in [1.165, 1.54) is 0 Å². The number of carbonyl (C=O) groups excluding carboxylic acids is 1. The summed E-state index contributed by atoms with van der Waals surface area (Å²) in [5.74, 6) is -0.357. The van der Waals surface area contributed by atoms with E-state index < -0.39 is 6.04 Å². The second-order valence-corrected chi connectivity index (χ2v) is 8.11. The molecule has 1 aliphatic rings. The third-order valence-electron chi connectivity index (χ3n) is 6.05. The number of amides is 1. The molecule has 2 N–H and O–H groups in total. The molecular weight excluding hydrogens is 390 g/mol. The Labute approximate surface area is 182 Å². The van der Waals surface area contributed by atoms with Crippen molar-refractivity contribution in [3.63, 3.8) is 0 Å². The van der Waals surface area contributed by atoms with Crippen molar-refractivity contribution in [3.8, 4) is 5.75 Å². The summed E-state index contributed by atoms with van der Waals surface area (Å²) in [6, 6.07) is 11.0. The summed E-state index contributed by atoms with van der Waals surface area (Å²) in [5, 5.41) is 23.6. The second kappa shape index (κ2) is 9.25.